The number of nitrogens with zero attached hydrogens (tertiary/aromatic N) is 1. The fraction of sp³-hybridized carbons (Fsp3) is 0.250. The maximum absolute atomic E-state index is 4.17. The fourth-order valence-corrected chi connectivity index (χ4v) is 5.09. The van der Waals surface area contributed by atoms with Gasteiger partial charge in [0.1, 0.15) is 0 Å². The Morgan fingerprint density at radius 3 is 2.88 bits per heavy atom. The molecular weight excluding hydrogens is 245 g/mol. The van der Waals surface area contributed by atoms with E-state index in [1.54, 1.807) is 11.8 Å². The van der Waals surface area contributed by atoms with E-state index in [9.17, 15) is 0 Å². The summed E-state index contributed by atoms with van der Waals surface area (Å²) in [6.45, 7) is 0. The number of thioether (sulfide) groups is 1. The van der Waals surface area contributed by atoms with Crippen LogP contribution in [0.15, 0.2) is 10.5 Å². The molecule has 1 heterocycles. The second kappa shape index (κ2) is 3.08. The second-order valence-electron chi connectivity index (χ2n) is 1.44. The molecule has 0 saturated heterocycles. The van der Waals surface area contributed by atoms with Gasteiger partial charge >= 0.3 is 70.3 Å². The van der Waals surface area contributed by atoms with Gasteiger partial charge in [0.25, 0.3) is 0 Å². The molecule has 0 aromatic carbocycles. The van der Waals surface area contributed by atoms with Gasteiger partial charge in [0, 0.05) is 0 Å². The molecule has 0 spiro atoms. The van der Waals surface area contributed by atoms with E-state index in [1.807, 2.05) is 17.5 Å². The molecule has 0 radical (unpaired) electrons. The van der Waals surface area contributed by atoms with Crippen molar-refractivity contribution in [1.29, 1.82) is 0 Å². The van der Waals surface area contributed by atoms with E-state index in [4.69, 9.17) is 0 Å². The Balaban J connectivity index is 2.84. The van der Waals surface area contributed by atoms with Crippen LogP contribution in [0.3, 0.4) is 0 Å². The average molecular weight is 252 g/mol. The molecule has 0 bridgehead atoms. The molecule has 1 aromatic heterocycles. The van der Waals surface area contributed by atoms with Crippen LogP contribution in [-0.2, 0) is 0 Å². The minimum atomic E-state index is 0.668. The zero-order valence-corrected chi connectivity index (χ0v) is 12.2. The van der Waals surface area contributed by atoms with Gasteiger partial charge in [0.15, 0.2) is 0 Å². The van der Waals surface area contributed by atoms with Crippen molar-refractivity contribution >= 4 is 48.5 Å². The van der Waals surface area contributed by atoms with Crippen molar-refractivity contribution in [2.45, 2.75) is 4.34 Å². The topological polar surface area (TPSA) is 12.9 Å². The van der Waals surface area contributed by atoms with Gasteiger partial charge in [-0.1, -0.05) is 0 Å². The molecule has 0 aliphatic rings. The van der Waals surface area contributed by atoms with Crippen LogP contribution in [-0.4, -0.2) is 33.8 Å². The van der Waals surface area contributed by atoms with Gasteiger partial charge in [-0.3, -0.25) is 0 Å². The Bertz CT molecular complexity index is 174. The molecule has 4 heteroatoms. The Morgan fingerprint density at radius 1 is 1.88 bits per heavy atom. The molecule has 0 atom stereocenters. The Hall–Kier alpha value is 0.779. The van der Waals surface area contributed by atoms with E-state index in [2.05, 4.69) is 11.2 Å². The summed E-state index contributed by atoms with van der Waals surface area (Å²) in [5, 5.41) is 0. The first-order valence-corrected chi connectivity index (χ1v) is 7.19. The zero-order chi connectivity index (χ0) is 5.98. The van der Waals surface area contributed by atoms with Crippen LogP contribution in [0.5, 0.6) is 0 Å². The number of rotatable bonds is 1. The van der Waals surface area contributed by atoms with E-state index in [0.29, 0.717) is 22.5 Å². The predicted octanol–water partition coefficient (Wildman–Crippen LogP) is -0.144. The Morgan fingerprint density at radius 2 is 2.62 bits per heavy atom. The van der Waals surface area contributed by atoms with Crippen molar-refractivity contribution in [1.82, 2.24) is 4.98 Å². The monoisotopic (exact) mass is 253 g/mol. The molecule has 1 rings (SSSR count). The summed E-state index contributed by atoms with van der Waals surface area (Å²) >= 11 is 4.23. The molecule has 0 saturated carbocycles. The molecule has 44 valence electrons. The third kappa shape index (κ3) is 1.63. The predicted molar refractivity (Wildman–Crippen MR) is 43.5 cm³/mol. The number of hydrogen-bond acceptors (Lipinski definition) is 3. The number of hydrogen-bond donors (Lipinski definition) is 0. The van der Waals surface area contributed by atoms with Gasteiger partial charge in [0.05, 0.1) is 0 Å². The molecule has 0 N–H and O–H groups in total. The molecule has 0 unspecified atom stereocenters. The van der Waals surface area contributed by atoms with Gasteiger partial charge in [-0.25, -0.2) is 0 Å². The van der Waals surface area contributed by atoms with Crippen molar-refractivity contribution in [3.63, 3.8) is 0 Å². The first-order valence-electron chi connectivity index (χ1n) is 2.29. The summed E-state index contributed by atoms with van der Waals surface area (Å²) < 4.78 is 2.70. The first kappa shape index (κ1) is 6.89. The van der Waals surface area contributed by atoms with Crippen LogP contribution < -0.4 is 2.89 Å². The quantitative estimate of drug-likeness (QED) is 0.509. The van der Waals surface area contributed by atoms with E-state index < -0.39 is 0 Å². The van der Waals surface area contributed by atoms with Crippen LogP contribution in [0.1, 0.15) is 0 Å². The van der Waals surface area contributed by atoms with E-state index in [0.717, 1.165) is 0 Å². The van der Waals surface area contributed by atoms with Gasteiger partial charge in [0.2, 0.25) is 0 Å². The number of aromatic nitrogens is 1. The summed E-state index contributed by atoms with van der Waals surface area (Å²) in [6, 6.07) is 0. The average Bonchev–Trinajstić information content (AvgIpc) is 2.14. The van der Waals surface area contributed by atoms with Crippen LogP contribution in [0.4, 0.5) is 0 Å². The molecule has 1 nitrogen and oxygen atoms in total. The molecule has 0 aliphatic heterocycles. The third-order valence-corrected chi connectivity index (χ3v) is 5.17. The van der Waals surface area contributed by atoms with Crippen molar-refractivity contribution in [2.24, 2.45) is 0 Å². The van der Waals surface area contributed by atoms with Crippen molar-refractivity contribution in [2.75, 3.05) is 6.26 Å². The molecular formula is C4H7NS2Sn. The zero-order valence-electron chi connectivity index (χ0n) is 4.84. The normalized spacial score (nSPS) is 10.1. The number of thiazole rings is 1. The summed E-state index contributed by atoms with van der Waals surface area (Å²) in [5.41, 5.74) is 0. The molecule has 8 heavy (non-hydrogen) atoms. The van der Waals surface area contributed by atoms with Gasteiger partial charge < -0.3 is 0 Å². The fourth-order valence-electron chi connectivity index (χ4n) is 0.428. The van der Waals surface area contributed by atoms with Crippen LogP contribution in [0, 0.1) is 0 Å². The van der Waals surface area contributed by atoms with Crippen molar-refractivity contribution < 1.29 is 0 Å². The van der Waals surface area contributed by atoms with E-state index in [-0.39, 0.29) is 0 Å². The SMILES string of the molecule is CSc1nc[c]([SnH3])s1. The summed E-state index contributed by atoms with van der Waals surface area (Å²) in [5.74, 6) is 0. The molecule has 0 amide bonds. The van der Waals surface area contributed by atoms with Gasteiger partial charge in [-0.2, -0.15) is 0 Å². The van der Waals surface area contributed by atoms with Gasteiger partial charge in [-0.05, 0) is 0 Å². The standard InChI is InChI=1S/C4H4NS2.Sn.3H/c1-6-4-5-2-3-7-4;;;;/h2H,1H3;;;;. The van der Waals surface area contributed by atoms with Crippen LogP contribution in [0.25, 0.3) is 0 Å². The van der Waals surface area contributed by atoms with Crippen LogP contribution in [0.2, 0.25) is 0 Å². The van der Waals surface area contributed by atoms with Gasteiger partial charge in [-0.15, -0.1) is 0 Å². The first-order chi connectivity index (χ1) is 3.83. The molecule has 1 aromatic rings. The minimum absolute atomic E-state index is 0.668. The molecule has 0 fully saturated rings. The maximum atomic E-state index is 4.17. The van der Waals surface area contributed by atoms with Crippen LogP contribution >= 0.6 is 23.1 Å². The van der Waals surface area contributed by atoms with E-state index >= 15 is 0 Å². The van der Waals surface area contributed by atoms with E-state index in [1.165, 1.54) is 7.23 Å². The summed E-state index contributed by atoms with van der Waals surface area (Å²) in [6.07, 6.45) is 4.06. The Labute approximate surface area is 70.0 Å². The Kier molecular flexibility index (Phi) is 2.65. The van der Waals surface area contributed by atoms with Crippen molar-refractivity contribution in [3.05, 3.63) is 6.20 Å². The van der Waals surface area contributed by atoms with Crippen molar-refractivity contribution in [3.8, 4) is 0 Å². The summed E-state index contributed by atoms with van der Waals surface area (Å²) in [7, 11) is 0. The molecule has 0 aliphatic carbocycles. The summed E-state index contributed by atoms with van der Waals surface area (Å²) in [4.78, 5) is 4.17. The third-order valence-electron chi connectivity index (χ3n) is 0.775. The second-order valence-corrected chi connectivity index (χ2v) is 8.87.